The molecule has 3 rings (SSSR count). The van der Waals surface area contributed by atoms with Gasteiger partial charge in [0.25, 0.3) is 5.91 Å². The number of carbonyl (C=O) groups excluding carboxylic acids is 3. The first-order valence-electron chi connectivity index (χ1n) is 9.00. The first-order valence-corrected chi connectivity index (χ1v) is 9.79. The lowest BCUT2D eigenvalue weighted by Crippen LogP contribution is -2.50. The number of nitrogens with zero attached hydrogens (tertiary/aromatic N) is 1. The summed E-state index contributed by atoms with van der Waals surface area (Å²) >= 11 is 3.38. The fourth-order valence-electron chi connectivity index (χ4n) is 3.68. The van der Waals surface area contributed by atoms with Gasteiger partial charge in [-0.3, -0.25) is 14.5 Å². The molecule has 0 bridgehead atoms. The van der Waals surface area contributed by atoms with Gasteiger partial charge in [0.2, 0.25) is 5.91 Å². The Balaban J connectivity index is 1.61. The summed E-state index contributed by atoms with van der Waals surface area (Å²) in [7, 11) is 0. The van der Waals surface area contributed by atoms with E-state index < -0.39 is 11.6 Å². The van der Waals surface area contributed by atoms with E-state index in [1.165, 1.54) is 0 Å². The van der Waals surface area contributed by atoms with Gasteiger partial charge in [0, 0.05) is 4.47 Å². The van der Waals surface area contributed by atoms with Crippen molar-refractivity contribution in [2.75, 3.05) is 6.54 Å². The largest absolute Gasteiger partial charge is 0.348 e. The summed E-state index contributed by atoms with van der Waals surface area (Å²) in [5.41, 5.74) is 0.151. The maximum absolute atomic E-state index is 12.8. The SMILES string of the molecule is CC1CCC2(CC1)NC(=O)N(CC(=O)N[C@@H](C)c1ccc(Br)cc1)C2=O. The number of urea groups is 1. The van der Waals surface area contributed by atoms with Gasteiger partial charge in [0.15, 0.2) is 0 Å². The van der Waals surface area contributed by atoms with Crippen molar-refractivity contribution in [3.05, 3.63) is 34.3 Å². The summed E-state index contributed by atoms with van der Waals surface area (Å²) in [4.78, 5) is 38.5. The van der Waals surface area contributed by atoms with Crippen LogP contribution in [0.25, 0.3) is 0 Å². The number of hydrogen-bond donors (Lipinski definition) is 2. The second-order valence-electron chi connectivity index (χ2n) is 7.43. The lowest BCUT2D eigenvalue weighted by molar-refractivity contribution is -0.136. The Morgan fingerprint density at radius 1 is 1.31 bits per heavy atom. The zero-order valence-electron chi connectivity index (χ0n) is 15.0. The smallest absolute Gasteiger partial charge is 0.325 e. The van der Waals surface area contributed by atoms with E-state index in [1.54, 1.807) is 0 Å². The molecule has 2 N–H and O–H groups in total. The number of carbonyl (C=O) groups is 3. The van der Waals surface area contributed by atoms with Crippen LogP contribution in [0.15, 0.2) is 28.7 Å². The first kappa shape index (κ1) is 18.9. The van der Waals surface area contributed by atoms with Crippen LogP contribution >= 0.6 is 15.9 Å². The highest BCUT2D eigenvalue weighted by Gasteiger charge is 2.52. The van der Waals surface area contributed by atoms with Crippen molar-refractivity contribution in [2.45, 2.75) is 51.1 Å². The van der Waals surface area contributed by atoms with E-state index in [0.717, 1.165) is 27.8 Å². The Morgan fingerprint density at radius 2 is 1.92 bits per heavy atom. The molecule has 2 aliphatic rings. The van der Waals surface area contributed by atoms with E-state index in [9.17, 15) is 14.4 Å². The highest BCUT2D eigenvalue weighted by atomic mass is 79.9. The molecular formula is C19H24BrN3O3. The molecule has 7 heteroatoms. The van der Waals surface area contributed by atoms with E-state index in [1.807, 2.05) is 31.2 Å². The molecule has 1 saturated carbocycles. The molecule has 140 valence electrons. The molecule has 6 nitrogen and oxygen atoms in total. The molecule has 1 aliphatic heterocycles. The van der Waals surface area contributed by atoms with Gasteiger partial charge in [0.05, 0.1) is 6.04 Å². The molecule has 0 unspecified atom stereocenters. The van der Waals surface area contributed by atoms with Crippen LogP contribution in [0.5, 0.6) is 0 Å². The fourth-order valence-corrected chi connectivity index (χ4v) is 3.94. The van der Waals surface area contributed by atoms with Crippen LogP contribution in [0.4, 0.5) is 4.79 Å². The summed E-state index contributed by atoms with van der Waals surface area (Å²) in [6.07, 6.45) is 3.11. The molecular weight excluding hydrogens is 398 g/mol. The van der Waals surface area contributed by atoms with Gasteiger partial charge in [-0.2, -0.15) is 0 Å². The lowest BCUT2D eigenvalue weighted by atomic mass is 9.77. The number of hydrogen-bond acceptors (Lipinski definition) is 3. The summed E-state index contributed by atoms with van der Waals surface area (Å²) in [6.45, 7) is 3.78. The molecule has 0 aromatic heterocycles. The Bertz CT molecular complexity index is 711. The van der Waals surface area contributed by atoms with Gasteiger partial charge >= 0.3 is 6.03 Å². The minimum absolute atomic E-state index is 0.208. The number of benzene rings is 1. The molecule has 2 fully saturated rings. The van der Waals surface area contributed by atoms with E-state index in [0.29, 0.717) is 18.8 Å². The molecule has 1 saturated heterocycles. The molecule has 4 amide bonds. The van der Waals surface area contributed by atoms with Gasteiger partial charge in [-0.15, -0.1) is 0 Å². The van der Waals surface area contributed by atoms with Gasteiger partial charge in [0.1, 0.15) is 12.1 Å². The summed E-state index contributed by atoms with van der Waals surface area (Å²) in [5, 5.41) is 5.69. The number of halogens is 1. The van der Waals surface area contributed by atoms with E-state index in [-0.39, 0.29) is 24.4 Å². The fraction of sp³-hybridized carbons (Fsp3) is 0.526. The van der Waals surface area contributed by atoms with Crippen LogP contribution in [-0.2, 0) is 9.59 Å². The monoisotopic (exact) mass is 421 g/mol. The van der Waals surface area contributed by atoms with Gasteiger partial charge in [-0.25, -0.2) is 4.79 Å². The van der Waals surface area contributed by atoms with E-state index >= 15 is 0 Å². The topological polar surface area (TPSA) is 78.5 Å². The second kappa shape index (κ2) is 7.39. The zero-order valence-corrected chi connectivity index (χ0v) is 16.6. The maximum atomic E-state index is 12.8. The van der Waals surface area contributed by atoms with E-state index in [4.69, 9.17) is 0 Å². The number of imide groups is 1. The summed E-state index contributed by atoms with van der Waals surface area (Å²) in [6, 6.07) is 6.98. The summed E-state index contributed by atoms with van der Waals surface area (Å²) in [5.74, 6) is -0.0413. The van der Waals surface area contributed by atoms with Crippen LogP contribution in [0.2, 0.25) is 0 Å². The zero-order chi connectivity index (χ0) is 18.9. The number of amides is 4. The van der Waals surface area contributed by atoms with Crippen molar-refractivity contribution < 1.29 is 14.4 Å². The number of nitrogens with one attached hydrogen (secondary N) is 2. The molecule has 1 aromatic carbocycles. The minimum Gasteiger partial charge on any atom is -0.348 e. The standard InChI is InChI=1S/C19H24BrN3O3/c1-12-7-9-19(10-8-12)17(25)23(18(26)22-19)11-16(24)21-13(2)14-3-5-15(20)6-4-14/h3-6,12-13H,7-11H2,1-2H3,(H,21,24)(H,22,26)/t12?,13-,19?/m0/s1. The lowest BCUT2D eigenvalue weighted by Gasteiger charge is -2.33. The third kappa shape index (κ3) is 3.77. The Hall–Kier alpha value is -1.89. The Morgan fingerprint density at radius 3 is 2.54 bits per heavy atom. The second-order valence-corrected chi connectivity index (χ2v) is 8.34. The molecule has 0 radical (unpaired) electrons. The quantitative estimate of drug-likeness (QED) is 0.732. The van der Waals surface area contributed by atoms with Crippen molar-refractivity contribution >= 4 is 33.8 Å². The summed E-state index contributed by atoms with van der Waals surface area (Å²) < 4.78 is 0.964. The average Bonchev–Trinajstić information content (AvgIpc) is 2.82. The Labute approximate surface area is 161 Å². The molecule has 1 atom stereocenters. The third-order valence-electron chi connectivity index (χ3n) is 5.42. The van der Waals surface area contributed by atoms with Gasteiger partial charge < -0.3 is 10.6 Å². The van der Waals surface area contributed by atoms with Crippen molar-refractivity contribution in [3.63, 3.8) is 0 Å². The van der Waals surface area contributed by atoms with Crippen LogP contribution in [0.1, 0.15) is 51.1 Å². The Kier molecular flexibility index (Phi) is 5.37. The minimum atomic E-state index is -0.804. The van der Waals surface area contributed by atoms with Crippen LogP contribution < -0.4 is 10.6 Å². The normalized spacial score (nSPS) is 26.7. The number of rotatable bonds is 4. The first-order chi connectivity index (χ1) is 12.3. The van der Waals surface area contributed by atoms with Crippen molar-refractivity contribution in [1.82, 2.24) is 15.5 Å². The molecule has 1 heterocycles. The predicted octanol–water partition coefficient (Wildman–Crippen LogP) is 3.13. The molecule has 1 aromatic rings. The van der Waals surface area contributed by atoms with E-state index in [2.05, 4.69) is 33.5 Å². The van der Waals surface area contributed by atoms with Gasteiger partial charge in [-0.1, -0.05) is 35.0 Å². The van der Waals surface area contributed by atoms with Gasteiger partial charge in [-0.05, 0) is 56.2 Å². The average molecular weight is 422 g/mol. The third-order valence-corrected chi connectivity index (χ3v) is 5.95. The molecule has 1 aliphatic carbocycles. The highest BCUT2D eigenvalue weighted by molar-refractivity contribution is 9.10. The molecule has 1 spiro atoms. The maximum Gasteiger partial charge on any atom is 0.325 e. The van der Waals surface area contributed by atoms with Crippen LogP contribution in [-0.4, -0.2) is 34.8 Å². The van der Waals surface area contributed by atoms with Crippen LogP contribution in [0, 0.1) is 5.92 Å². The molecule has 26 heavy (non-hydrogen) atoms. The van der Waals surface area contributed by atoms with Crippen LogP contribution in [0.3, 0.4) is 0 Å². The van der Waals surface area contributed by atoms with Crippen molar-refractivity contribution in [1.29, 1.82) is 0 Å². The predicted molar refractivity (Wildman–Crippen MR) is 101 cm³/mol. The van der Waals surface area contributed by atoms with Crippen molar-refractivity contribution in [3.8, 4) is 0 Å². The highest BCUT2D eigenvalue weighted by Crippen LogP contribution is 2.36. The van der Waals surface area contributed by atoms with Crippen molar-refractivity contribution in [2.24, 2.45) is 5.92 Å².